The summed E-state index contributed by atoms with van der Waals surface area (Å²) in [4.78, 5) is 13.9. The van der Waals surface area contributed by atoms with Gasteiger partial charge in [-0.15, -0.1) is 0 Å². The van der Waals surface area contributed by atoms with E-state index in [0.29, 0.717) is 12.1 Å². The first-order valence-electron chi connectivity index (χ1n) is 9.52. The minimum atomic E-state index is -0.415. The minimum absolute atomic E-state index is 0.190. The standard InChI is InChI=1S/C19H38N2O2/c1-6-7-8-9-10-15-20-16-11-13-17(14-12-16)21(5)18(22)23-19(2,3)4/h16-17,20H,6-15H2,1-5H3. The highest BCUT2D eigenvalue weighted by molar-refractivity contribution is 5.68. The molecule has 1 saturated carbocycles. The lowest BCUT2D eigenvalue weighted by molar-refractivity contribution is 0.0179. The third-order valence-electron chi connectivity index (χ3n) is 4.64. The molecule has 1 aliphatic rings. The van der Waals surface area contributed by atoms with Crippen LogP contribution in [0.15, 0.2) is 0 Å². The van der Waals surface area contributed by atoms with Crippen molar-refractivity contribution in [1.29, 1.82) is 0 Å². The SMILES string of the molecule is CCCCCCCNC1CCC(N(C)C(=O)OC(C)(C)C)CC1. The van der Waals surface area contributed by atoms with E-state index in [0.717, 1.165) is 32.2 Å². The average molecular weight is 327 g/mol. The molecule has 0 bridgehead atoms. The number of nitrogens with zero attached hydrogens (tertiary/aromatic N) is 1. The van der Waals surface area contributed by atoms with Gasteiger partial charge in [-0.3, -0.25) is 0 Å². The molecule has 4 heteroatoms. The van der Waals surface area contributed by atoms with Crippen LogP contribution in [0.25, 0.3) is 0 Å². The fraction of sp³-hybridized carbons (Fsp3) is 0.947. The maximum Gasteiger partial charge on any atom is 0.410 e. The molecule has 0 unspecified atom stereocenters. The molecule has 0 spiro atoms. The summed E-state index contributed by atoms with van der Waals surface area (Å²) in [6, 6.07) is 0.955. The van der Waals surface area contributed by atoms with Crippen molar-refractivity contribution in [1.82, 2.24) is 10.2 Å². The molecule has 0 atom stereocenters. The first kappa shape index (κ1) is 20.3. The Morgan fingerprint density at radius 1 is 1.09 bits per heavy atom. The fourth-order valence-corrected chi connectivity index (χ4v) is 3.18. The quantitative estimate of drug-likeness (QED) is 0.656. The average Bonchev–Trinajstić information content (AvgIpc) is 2.49. The Morgan fingerprint density at radius 3 is 2.26 bits per heavy atom. The number of amides is 1. The molecule has 1 fully saturated rings. The van der Waals surface area contributed by atoms with E-state index in [1.165, 1.54) is 32.1 Å². The van der Waals surface area contributed by atoms with Crippen molar-refractivity contribution >= 4 is 6.09 Å². The third-order valence-corrected chi connectivity index (χ3v) is 4.64. The molecule has 0 aliphatic heterocycles. The van der Waals surface area contributed by atoms with Crippen LogP contribution in [0.1, 0.15) is 85.5 Å². The van der Waals surface area contributed by atoms with Crippen LogP contribution in [-0.4, -0.2) is 42.3 Å². The maximum absolute atomic E-state index is 12.1. The van der Waals surface area contributed by atoms with Crippen LogP contribution >= 0.6 is 0 Å². The largest absolute Gasteiger partial charge is 0.444 e. The van der Waals surface area contributed by atoms with Gasteiger partial charge in [0.05, 0.1) is 0 Å². The number of carbonyl (C=O) groups excluding carboxylic acids is 1. The molecule has 0 radical (unpaired) electrons. The van der Waals surface area contributed by atoms with Crippen molar-refractivity contribution < 1.29 is 9.53 Å². The van der Waals surface area contributed by atoms with E-state index in [1.54, 1.807) is 4.90 Å². The molecule has 0 aromatic heterocycles. The summed E-state index contributed by atoms with van der Waals surface area (Å²) in [7, 11) is 1.88. The normalized spacial score (nSPS) is 22.0. The van der Waals surface area contributed by atoms with Crippen LogP contribution in [0.2, 0.25) is 0 Å². The number of unbranched alkanes of at least 4 members (excludes halogenated alkanes) is 4. The Hall–Kier alpha value is -0.770. The number of rotatable bonds is 8. The molecule has 0 saturated heterocycles. The van der Waals surface area contributed by atoms with E-state index in [-0.39, 0.29) is 6.09 Å². The summed E-state index contributed by atoms with van der Waals surface area (Å²) in [5.41, 5.74) is -0.415. The monoisotopic (exact) mass is 326 g/mol. The first-order valence-corrected chi connectivity index (χ1v) is 9.52. The second-order valence-corrected chi connectivity index (χ2v) is 7.97. The van der Waals surface area contributed by atoms with E-state index in [4.69, 9.17) is 4.74 Å². The van der Waals surface area contributed by atoms with Gasteiger partial charge in [-0.05, 0) is 59.4 Å². The van der Waals surface area contributed by atoms with E-state index in [2.05, 4.69) is 12.2 Å². The molecule has 1 N–H and O–H groups in total. The van der Waals surface area contributed by atoms with Crippen LogP contribution in [0.5, 0.6) is 0 Å². The zero-order valence-corrected chi connectivity index (χ0v) is 16.0. The van der Waals surface area contributed by atoms with Gasteiger partial charge in [0, 0.05) is 19.1 Å². The minimum Gasteiger partial charge on any atom is -0.444 e. The number of hydrogen-bond acceptors (Lipinski definition) is 3. The predicted molar refractivity (Wildman–Crippen MR) is 96.8 cm³/mol. The highest BCUT2D eigenvalue weighted by Crippen LogP contribution is 2.24. The molecule has 1 amide bonds. The number of nitrogens with one attached hydrogen (secondary N) is 1. The van der Waals surface area contributed by atoms with E-state index in [1.807, 2.05) is 27.8 Å². The lowest BCUT2D eigenvalue weighted by Gasteiger charge is -2.35. The van der Waals surface area contributed by atoms with Crippen molar-refractivity contribution in [2.75, 3.05) is 13.6 Å². The molecule has 1 aliphatic carbocycles. The Labute approximate surface area is 143 Å². The van der Waals surface area contributed by atoms with Crippen molar-refractivity contribution in [3.05, 3.63) is 0 Å². The Balaban J connectivity index is 2.18. The second-order valence-electron chi connectivity index (χ2n) is 7.97. The van der Waals surface area contributed by atoms with E-state index >= 15 is 0 Å². The zero-order chi connectivity index (χ0) is 17.3. The molecule has 23 heavy (non-hydrogen) atoms. The molecule has 0 aromatic rings. The van der Waals surface area contributed by atoms with Crippen molar-refractivity contribution in [2.24, 2.45) is 0 Å². The lowest BCUT2D eigenvalue weighted by atomic mass is 9.90. The van der Waals surface area contributed by atoms with Gasteiger partial charge in [-0.1, -0.05) is 32.6 Å². The first-order chi connectivity index (χ1) is 10.8. The Bertz CT molecular complexity index is 331. The molecule has 136 valence electrons. The van der Waals surface area contributed by atoms with Crippen LogP contribution in [-0.2, 0) is 4.74 Å². The van der Waals surface area contributed by atoms with Gasteiger partial charge >= 0.3 is 6.09 Å². The van der Waals surface area contributed by atoms with Crippen LogP contribution in [0, 0.1) is 0 Å². The predicted octanol–water partition coefficient (Wildman–Crippen LogP) is 4.72. The van der Waals surface area contributed by atoms with Gasteiger partial charge in [-0.25, -0.2) is 4.79 Å². The van der Waals surface area contributed by atoms with Crippen LogP contribution in [0.3, 0.4) is 0 Å². The van der Waals surface area contributed by atoms with Gasteiger partial charge < -0.3 is 15.0 Å². The number of ether oxygens (including phenoxy) is 1. The van der Waals surface area contributed by atoms with Crippen molar-refractivity contribution in [3.8, 4) is 0 Å². The molecule has 4 nitrogen and oxygen atoms in total. The maximum atomic E-state index is 12.1. The number of hydrogen-bond donors (Lipinski definition) is 1. The number of carbonyl (C=O) groups is 1. The van der Waals surface area contributed by atoms with Crippen molar-refractivity contribution in [2.45, 2.75) is 103 Å². The van der Waals surface area contributed by atoms with Crippen LogP contribution in [0.4, 0.5) is 4.79 Å². The smallest absolute Gasteiger partial charge is 0.410 e. The Morgan fingerprint density at radius 2 is 1.70 bits per heavy atom. The van der Waals surface area contributed by atoms with E-state index < -0.39 is 5.60 Å². The van der Waals surface area contributed by atoms with E-state index in [9.17, 15) is 4.79 Å². The molecule has 1 rings (SSSR count). The van der Waals surface area contributed by atoms with Crippen molar-refractivity contribution in [3.63, 3.8) is 0 Å². The van der Waals surface area contributed by atoms with Gasteiger partial charge in [0.25, 0.3) is 0 Å². The van der Waals surface area contributed by atoms with Crippen LogP contribution < -0.4 is 5.32 Å². The molecular weight excluding hydrogens is 288 g/mol. The summed E-state index contributed by atoms with van der Waals surface area (Å²) in [5.74, 6) is 0. The molecule has 0 heterocycles. The summed E-state index contributed by atoms with van der Waals surface area (Å²) >= 11 is 0. The van der Waals surface area contributed by atoms with Gasteiger partial charge in [0.2, 0.25) is 0 Å². The second kappa shape index (κ2) is 10.2. The highest BCUT2D eigenvalue weighted by Gasteiger charge is 2.28. The molecular formula is C19H38N2O2. The molecule has 0 aromatic carbocycles. The van der Waals surface area contributed by atoms with Gasteiger partial charge in [-0.2, -0.15) is 0 Å². The topological polar surface area (TPSA) is 41.6 Å². The Kier molecular flexibility index (Phi) is 8.96. The highest BCUT2D eigenvalue weighted by atomic mass is 16.6. The third kappa shape index (κ3) is 8.59. The summed E-state index contributed by atoms with van der Waals surface area (Å²) in [5, 5.41) is 3.69. The summed E-state index contributed by atoms with van der Waals surface area (Å²) in [6.07, 6.45) is 10.9. The van der Waals surface area contributed by atoms with Gasteiger partial charge in [0.1, 0.15) is 5.60 Å². The summed E-state index contributed by atoms with van der Waals surface area (Å²) < 4.78 is 5.46. The fourth-order valence-electron chi connectivity index (χ4n) is 3.18. The zero-order valence-electron chi connectivity index (χ0n) is 16.0. The lowest BCUT2D eigenvalue weighted by Crippen LogP contribution is -2.45. The van der Waals surface area contributed by atoms with Gasteiger partial charge in [0.15, 0.2) is 0 Å². The summed E-state index contributed by atoms with van der Waals surface area (Å²) in [6.45, 7) is 9.15.